The number of hydrogen-bond donors (Lipinski definition) is 3. The number of aliphatic hydroxyl groups is 1. The van der Waals surface area contributed by atoms with Crippen molar-refractivity contribution in [3.8, 4) is 10.4 Å². The van der Waals surface area contributed by atoms with Crippen LogP contribution in [0.4, 0.5) is 32.2 Å². The Morgan fingerprint density at radius 1 is 1.12 bits per heavy atom. The number of pyridine rings is 1. The number of nitrogens with zero attached hydrogens (tertiary/aromatic N) is 3. The van der Waals surface area contributed by atoms with Gasteiger partial charge in [-0.3, -0.25) is 9.59 Å². The quantitative estimate of drug-likeness (QED) is 0.436. The van der Waals surface area contributed by atoms with E-state index in [1.165, 1.54) is 0 Å². The van der Waals surface area contributed by atoms with Gasteiger partial charge in [-0.15, -0.1) is 11.3 Å². The molecular weight excluding hydrogens is 568 g/mol. The minimum atomic E-state index is -5.04. The Hall–Kier alpha value is -2.98. The second-order valence-corrected chi connectivity index (χ2v) is 11.1. The van der Waals surface area contributed by atoms with Crippen molar-refractivity contribution in [2.24, 2.45) is 0 Å². The van der Waals surface area contributed by atoms with Gasteiger partial charge in [0.1, 0.15) is 17.6 Å². The highest BCUT2D eigenvalue weighted by Crippen LogP contribution is 2.44. The molecule has 2 aromatic rings. The molecule has 0 radical (unpaired) electrons. The van der Waals surface area contributed by atoms with E-state index in [-0.39, 0.29) is 40.9 Å². The van der Waals surface area contributed by atoms with Crippen LogP contribution in [0.15, 0.2) is 12.3 Å². The topological polar surface area (TPSA) is 117 Å². The number of alkyl halides is 6. The number of fused-ring (bicyclic) bond motifs is 2. The summed E-state index contributed by atoms with van der Waals surface area (Å²) in [5, 5.41) is 14.1. The van der Waals surface area contributed by atoms with Gasteiger partial charge in [0, 0.05) is 23.8 Å². The van der Waals surface area contributed by atoms with Crippen molar-refractivity contribution >= 4 is 29.0 Å². The predicted molar refractivity (Wildman–Crippen MR) is 130 cm³/mol. The first kappa shape index (κ1) is 28.5. The van der Waals surface area contributed by atoms with E-state index in [9.17, 15) is 41.0 Å². The fourth-order valence-electron chi connectivity index (χ4n) is 5.28. The Labute approximate surface area is 227 Å². The van der Waals surface area contributed by atoms with Gasteiger partial charge in [0.15, 0.2) is 5.01 Å². The molecule has 16 heteroatoms. The van der Waals surface area contributed by atoms with Crippen molar-refractivity contribution in [3.05, 3.63) is 28.5 Å². The van der Waals surface area contributed by atoms with E-state index in [2.05, 4.69) is 15.3 Å². The molecule has 2 bridgehead atoms. The van der Waals surface area contributed by atoms with Crippen molar-refractivity contribution in [3.63, 3.8) is 0 Å². The maximum absolute atomic E-state index is 14.2. The molecule has 3 atom stereocenters. The average molecular weight is 594 g/mol. The van der Waals surface area contributed by atoms with E-state index in [1.807, 2.05) is 5.32 Å². The molecule has 40 heavy (non-hydrogen) atoms. The number of hydrogen-bond acceptors (Lipinski definition) is 8. The molecule has 9 nitrogen and oxygen atoms in total. The van der Waals surface area contributed by atoms with Crippen LogP contribution in [0.3, 0.4) is 0 Å². The van der Waals surface area contributed by atoms with Gasteiger partial charge in [-0.25, -0.2) is 9.97 Å². The third-order valence-corrected chi connectivity index (χ3v) is 8.48. The fourth-order valence-corrected chi connectivity index (χ4v) is 6.26. The molecule has 2 aromatic heterocycles. The maximum Gasteiger partial charge on any atom is 0.417 e. The first-order chi connectivity index (χ1) is 18.7. The lowest BCUT2D eigenvalue weighted by Gasteiger charge is -2.22. The summed E-state index contributed by atoms with van der Waals surface area (Å²) >= 11 is 0.536. The zero-order valence-electron chi connectivity index (χ0n) is 21.0. The molecule has 2 amide bonds. The van der Waals surface area contributed by atoms with E-state index in [0.717, 1.165) is 38.8 Å². The average Bonchev–Trinajstić information content (AvgIpc) is 3.67. The number of ether oxygens (including phenoxy) is 1. The number of carbonyl (C=O) groups is 2. The lowest BCUT2D eigenvalue weighted by atomic mass is 10.0. The summed E-state index contributed by atoms with van der Waals surface area (Å²) in [5.74, 6) is -2.10. The monoisotopic (exact) mass is 593 g/mol. The zero-order valence-corrected chi connectivity index (χ0v) is 21.8. The molecule has 0 spiro atoms. The minimum Gasteiger partial charge on any atom is -0.388 e. The molecule has 218 valence electrons. The molecule has 0 aromatic carbocycles. The van der Waals surface area contributed by atoms with Crippen LogP contribution < -0.4 is 10.6 Å². The molecule has 0 aliphatic carbocycles. The van der Waals surface area contributed by atoms with Gasteiger partial charge in [0.25, 0.3) is 11.8 Å². The van der Waals surface area contributed by atoms with E-state index in [1.54, 1.807) is 4.90 Å². The minimum absolute atomic E-state index is 0.0104. The summed E-state index contributed by atoms with van der Waals surface area (Å²) in [6.07, 6.45) is -7.05. The summed E-state index contributed by atoms with van der Waals surface area (Å²) in [6.45, 7) is 0.745. The molecule has 0 unspecified atom stereocenters. The largest absolute Gasteiger partial charge is 0.417 e. The van der Waals surface area contributed by atoms with Gasteiger partial charge in [0.05, 0.1) is 35.8 Å². The van der Waals surface area contributed by atoms with Gasteiger partial charge in [-0.1, -0.05) is 0 Å². The van der Waals surface area contributed by atoms with Crippen molar-refractivity contribution in [2.75, 3.05) is 18.5 Å². The number of anilines is 1. The third-order valence-electron chi connectivity index (χ3n) is 7.39. The number of carbonyl (C=O) groups excluding carboxylic acids is 2. The lowest BCUT2D eigenvalue weighted by Crippen LogP contribution is -2.42. The number of halogens is 6. The zero-order chi connectivity index (χ0) is 29.0. The van der Waals surface area contributed by atoms with E-state index in [4.69, 9.17) is 4.74 Å². The first-order valence-electron chi connectivity index (χ1n) is 12.5. The Morgan fingerprint density at radius 2 is 1.77 bits per heavy atom. The molecule has 5 heterocycles. The van der Waals surface area contributed by atoms with Crippen molar-refractivity contribution in [1.82, 2.24) is 20.2 Å². The van der Waals surface area contributed by atoms with E-state index >= 15 is 0 Å². The van der Waals surface area contributed by atoms with Crippen molar-refractivity contribution < 1.29 is 45.8 Å². The molecule has 0 saturated carbocycles. The number of nitrogens with one attached hydrogen (secondary N) is 2. The van der Waals surface area contributed by atoms with Crippen LogP contribution in [-0.2, 0) is 10.9 Å². The van der Waals surface area contributed by atoms with Gasteiger partial charge >= 0.3 is 12.4 Å². The van der Waals surface area contributed by atoms with Gasteiger partial charge in [-0.2, -0.15) is 26.3 Å². The summed E-state index contributed by atoms with van der Waals surface area (Å²) in [7, 11) is 0. The first-order valence-corrected chi connectivity index (χ1v) is 13.4. The summed E-state index contributed by atoms with van der Waals surface area (Å²) in [5.41, 5.74) is -2.30. The highest BCUT2D eigenvalue weighted by molar-refractivity contribution is 7.17. The molecule has 5 rings (SSSR count). The van der Waals surface area contributed by atoms with Crippen LogP contribution in [0.1, 0.15) is 58.5 Å². The molecule has 3 saturated heterocycles. The summed E-state index contributed by atoms with van der Waals surface area (Å²) < 4.78 is 86.8. The normalized spacial score (nSPS) is 25.4. The van der Waals surface area contributed by atoms with Crippen LogP contribution in [0.5, 0.6) is 0 Å². The summed E-state index contributed by atoms with van der Waals surface area (Å²) in [6, 6.07) is -2.70. The van der Waals surface area contributed by atoms with Crippen LogP contribution in [0.25, 0.3) is 10.4 Å². The molecule has 3 aliphatic rings. The molecular formula is C24H25F6N5O4S. The second kappa shape index (κ2) is 10.4. The van der Waals surface area contributed by atoms with Crippen LogP contribution in [-0.4, -0.2) is 81.5 Å². The van der Waals surface area contributed by atoms with Gasteiger partial charge < -0.3 is 25.4 Å². The fraction of sp³-hybridized carbons (Fsp3) is 0.583. The highest BCUT2D eigenvalue weighted by Gasteiger charge is 2.45. The maximum atomic E-state index is 14.2. The van der Waals surface area contributed by atoms with E-state index < -0.39 is 59.3 Å². The van der Waals surface area contributed by atoms with Gasteiger partial charge in [0.2, 0.25) is 0 Å². The molecule has 3 aliphatic heterocycles. The van der Waals surface area contributed by atoms with Crippen LogP contribution >= 0.6 is 11.3 Å². The number of aliphatic hydroxyl groups excluding tert-OH is 1. The Morgan fingerprint density at radius 3 is 2.33 bits per heavy atom. The molecule has 3 N–H and O–H groups in total. The van der Waals surface area contributed by atoms with E-state index in [0.29, 0.717) is 17.4 Å². The van der Waals surface area contributed by atoms with Crippen molar-refractivity contribution in [1.29, 1.82) is 0 Å². The standard InChI is InChI=1S/C24H25F6N5O4S/c1-10(23(25,26)27)32-17-6-14(24(28,29)30)13(7-31-17)19-18(22(38)35-11-2-3-12(35)5-4-11)34-21(40-19)20(37)33-15-8-39-9-16(15)36/h6-7,10-12,15-16,36H,2-5,8-9H2,1H3,(H,31,32)(H,33,37)/t10-,11?,12?,15+,16+/m0/s1. The highest BCUT2D eigenvalue weighted by atomic mass is 32.1. The Balaban J connectivity index is 1.56. The lowest BCUT2D eigenvalue weighted by molar-refractivity contribution is -0.138. The Kier molecular flexibility index (Phi) is 7.46. The van der Waals surface area contributed by atoms with Crippen LogP contribution in [0, 0.1) is 0 Å². The van der Waals surface area contributed by atoms with Crippen molar-refractivity contribution in [2.45, 2.75) is 75.2 Å². The van der Waals surface area contributed by atoms with Crippen LogP contribution in [0.2, 0.25) is 0 Å². The number of amides is 2. The molecule has 3 fully saturated rings. The summed E-state index contributed by atoms with van der Waals surface area (Å²) in [4.78, 5) is 35.9. The van der Waals surface area contributed by atoms with Gasteiger partial charge in [-0.05, 0) is 38.7 Å². The predicted octanol–water partition coefficient (Wildman–Crippen LogP) is 3.84. The number of aromatic nitrogens is 2. The number of thiazole rings is 1. The number of rotatable bonds is 6. The SMILES string of the molecule is C[C@H](Nc1cc(C(F)(F)F)c(-c2sc(C(=O)N[C@@H]3COC[C@H]3O)nc2C(=O)N2C3CCC2CC3)cn1)C(F)(F)F. The third kappa shape index (κ3) is 5.48. The smallest absolute Gasteiger partial charge is 0.388 e. The Bertz CT molecular complexity index is 1280. The second-order valence-electron chi connectivity index (χ2n) is 10.1.